The molecule has 0 radical (unpaired) electrons. The van der Waals surface area contributed by atoms with Crippen LogP contribution in [0.15, 0.2) is 48.5 Å². The zero-order chi connectivity index (χ0) is 31.2. The minimum absolute atomic E-state index is 0.00296. The maximum absolute atomic E-state index is 13.5. The molecule has 4 atom stereocenters. The number of ether oxygens (including phenoxy) is 1. The summed E-state index contributed by atoms with van der Waals surface area (Å²) >= 11 is 3.69. The number of thiazole rings is 1. The fraction of sp³-hybridized carbons (Fsp3) is 0.438. The monoisotopic (exact) mass is 731 g/mol. The van der Waals surface area contributed by atoms with Crippen molar-refractivity contribution in [3.63, 3.8) is 0 Å². The molecule has 2 aromatic carbocycles. The number of nitrogen functional groups attached to an aromatic ring is 1. The van der Waals surface area contributed by atoms with Gasteiger partial charge < -0.3 is 26.4 Å². The molecule has 4 bridgehead atoms. The molecule has 4 saturated carbocycles. The Bertz CT molecular complexity index is 1550. The normalized spacial score (nSPS) is 25.8. The summed E-state index contributed by atoms with van der Waals surface area (Å²) in [5.74, 6) is 1.87. The summed E-state index contributed by atoms with van der Waals surface area (Å²) in [5.41, 5.74) is 12.5. The molecule has 1 aromatic heterocycles. The lowest BCUT2D eigenvalue weighted by Crippen LogP contribution is -2.57. The quantitative estimate of drug-likeness (QED) is 0.139. The fourth-order valence-electron chi connectivity index (χ4n) is 7.47. The second-order valence-corrected chi connectivity index (χ2v) is 15.5. The summed E-state index contributed by atoms with van der Waals surface area (Å²) in [6.07, 6.45) is 6.55. The molecule has 3 aromatic rings. The number of amides is 2. The van der Waals surface area contributed by atoms with Crippen molar-refractivity contribution in [1.82, 2.24) is 10.3 Å². The van der Waals surface area contributed by atoms with Crippen LogP contribution in [0.1, 0.15) is 54.3 Å². The molecule has 0 spiro atoms. The topological polar surface area (TPSA) is 141 Å². The molecule has 4 unspecified atom stereocenters. The number of rotatable bonds is 11. The van der Waals surface area contributed by atoms with Crippen molar-refractivity contribution in [3.8, 4) is 5.75 Å². The molecule has 0 aliphatic heterocycles. The average Bonchev–Trinajstić information content (AvgIpc) is 3.36. The summed E-state index contributed by atoms with van der Waals surface area (Å²) in [6.45, 7) is 2.18. The van der Waals surface area contributed by atoms with Crippen molar-refractivity contribution in [2.45, 2.75) is 48.5 Å². The van der Waals surface area contributed by atoms with Gasteiger partial charge in [0, 0.05) is 21.2 Å². The molecular formula is C32H35FIN5O4S. The van der Waals surface area contributed by atoms with E-state index < -0.39 is 17.8 Å². The van der Waals surface area contributed by atoms with Gasteiger partial charge in [0.05, 0.1) is 0 Å². The second-order valence-electron chi connectivity index (χ2n) is 12.3. The molecule has 2 amide bonds. The molecule has 9 nitrogen and oxygen atoms in total. The number of anilines is 3. The number of hydrogen-bond acceptors (Lipinski definition) is 8. The highest BCUT2D eigenvalue weighted by atomic mass is 127. The zero-order valence-electron chi connectivity index (χ0n) is 24.3. The van der Waals surface area contributed by atoms with E-state index in [1.54, 1.807) is 31.2 Å². The highest BCUT2D eigenvalue weighted by Crippen LogP contribution is 2.62. The highest BCUT2D eigenvalue weighted by Gasteiger charge is 2.55. The third-order valence-electron chi connectivity index (χ3n) is 9.39. The highest BCUT2D eigenvalue weighted by molar-refractivity contribution is 14.1. The molecule has 7 rings (SSSR count). The first-order valence-electron chi connectivity index (χ1n) is 14.8. The van der Waals surface area contributed by atoms with Crippen LogP contribution in [-0.2, 0) is 9.59 Å². The number of hydrogen-bond donors (Lipinski definition) is 3. The molecule has 12 heteroatoms. The van der Waals surface area contributed by atoms with Gasteiger partial charge in [-0.1, -0.05) is 33.9 Å². The van der Waals surface area contributed by atoms with Gasteiger partial charge in [-0.25, -0.2) is 9.37 Å². The van der Waals surface area contributed by atoms with Crippen molar-refractivity contribution in [2.24, 2.45) is 29.4 Å². The third kappa shape index (κ3) is 6.15. The van der Waals surface area contributed by atoms with E-state index in [9.17, 15) is 18.8 Å². The fourth-order valence-corrected chi connectivity index (χ4v) is 10.5. The van der Waals surface area contributed by atoms with E-state index >= 15 is 0 Å². The summed E-state index contributed by atoms with van der Waals surface area (Å²) in [4.78, 5) is 44.1. The second kappa shape index (κ2) is 12.3. The Kier molecular flexibility index (Phi) is 8.57. The van der Waals surface area contributed by atoms with E-state index in [4.69, 9.17) is 16.2 Å². The largest absolute Gasteiger partial charge is 0.484 e. The third-order valence-corrected chi connectivity index (χ3v) is 12.1. The number of alkyl halides is 1. The number of carbonyl (C=O) groups excluding carboxylic acids is 3. The van der Waals surface area contributed by atoms with E-state index in [-0.39, 0.29) is 34.1 Å². The van der Waals surface area contributed by atoms with Gasteiger partial charge in [0.15, 0.2) is 11.7 Å². The van der Waals surface area contributed by atoms with Crippen molar-refractivity contribution in [3.05, 3.63) is 64.8 Å². The van der Waals surface area contributed by atoms with Crippen molar-refractivity contribution < 1.29 is 23.5 Å². The molecular weight excluding hydrogens is 696 g/mol. The number of benzene rings is 2. The molecule has 232 valence electrons. The molecule has 44 heavy (non-hydrogen) atoms. The molecule has 4 fully saturated rings. The van der Waals surface area contributed by atoms with Crippen LogP contribution in [-0.4, -0.2) is 45.2 Å². The van der Waals surface area contributed by atoms with Crippen LogP contribution in [0.25, 0.3) is 0 Å². The standard InChI is InChI=1S/C32H35FIN5O4S/c1-17(30(36)42)39(23-6-4-22(33)5-7-23)31-38-29(35)28(44-31)27(41)20-2-8-24(9-3-20)43-16-26(40)37-15-25-21-11-18-10-19(12-21)14-32(25,34)13-18/h2-9,17-19,21,25H,10-16,35H2,1H3,(H2,36,42)(H,37,40). The lowest BCUT2D eigenvalue weighted by molar-refractivity contribution is -0.124. The predicted octanol–water partition coefficient (Wildman–Crippen LogP) is 5.23. The van der Waals surface area contributed by atoms with Gasteiger partial charge in [-0.05, 0) is 111 Å². The van der Waals surface area contributed by atoms with E-state index in [1.807, 2.05) is 0 Å². The maximum Gasteiger partial charge on any atom is 0.257 e. The van der Waals surface area contributed by atoms with Crippen molar-refractivity contribution in [2.75, 3.05) is 23.8 Å². The van der Waals surface area contributed by atoms with Gasteiger partial charge in [0.1, 0.15) is 28.3 Å². The number of primary amides is 1. The number of nitrogens with two attached hydrogens (primary N) is 2. The summed E-state index contributed by atoms with van der Waals surface area (Å²) in [7, 11) is 0. The smallest absolute Gasteiger partial charge is 0.257 e. The molecule has 5 N–H and O–H groups in total. The van der Waals surface area contributed by atoms with Crippen LogP contribution < -0.4 is 26.4 Å². The van der Waals surface area contributed by atoms with Gasteiger partial charge in [-0.15, -0.1) is 0 Å². The number of nitrogens with one attached hydrogen (secondary N) is 1. The first-order chi connectivity index (χ1) is 21.0. The minimum atomic E-state index is -0.835. The summed E-state index contributed by atoms with van der Waals surface area (Å²) in [6, 6.07) is 11.2. The predicted molar refractivity (Wildman–Crippen MR) is 176 cm³/mol. The lowest BCUT2D eigenvalue weighted by atomic mass is 9.52. The Balaban J connectivity index is 1.07. The molecule has 4 aliphatic carbocycles. The van der Waals surface area contributed by atoms with Crippen LogP contribution in [0, 0.1) is 29.5 Å². The number of ketones is 1. The van der Waals surface area contributed by atoms with Gasteiger partial charge in [-0.3, -0.25) is 14.4 Å². The minimum Gasteiger partial charge on any atom is -0.484 e. The number of halogens is 2. The molecule has 4 aliphatic rings. The Morgan fingerprint density at radius 2 is 1.77 bits per heavy atom. The lowest BCUT2D eigenvalue weighted by Gasteiger charge is -2.59. The number of nitrogens with zero attached hydrogens (tertiary/aromatic N) is 2. The first-order valence-corrected chi connectivity index (χ1v) is 16.7. The van der Waals surface area contributed by atoms with E-state index in [0.717, 1.165) is 23.2 Å². The van der Waals surface area contributed by atoms with Gasteiger partial charge in [0.25, 0.3) is 5.91 Å². The van der Waals surface area contributed by atoms with Crippen LogP contribution in [0.4, 0.5) is 21.0 Å². The zero-order valence-corrected chi connectivity index (χ0v) is 27.3. The summed E-state index contributed by atoms with van der Waals surface area (Å²) in [5, 5.41) is 3.39. The van der Waals surface area contributed by atoms with Gasteiger partial charge in [0.2, 0.25) is 11.7 Å². The van der Waals surface area contributed by atoms with Crippen molar-refractivity contribution >= 4 is 68.2 Å². The van der Waals surface area contributed by atoms with Gasteiger partial charge in [-0.2, -0.15) is 0 Å². The molecule has 1 heterocycles. The average molecular weight is 732 g/mol. The Labute approximate surface area is 273 Å². The Hall–Kier alpha value is -3.26. The molecule has 0 saturated heterocycles. The van der Waals surface area contributed by atoms with E-state index in [1.165, 1.54) is 61.3 Å². The van der Waals surface area contributed by atoms with E-state index in [0.29, 0.717) is 38.8 Å². The van der Waals surface area contributed by atoms with Crippen LogP contribution in [0.2, 0.25) is 0 Å². The van der Waals surface area contributed by atoms with E-state index in [2.05, 4.69) is 32.9 Å². The van der Waals surface area contributed by atoms with Crippen LogP contribution >= 0.6 is 33.9 Å². The number of aromatic nitrogens is 1. The maximum atomic E-state index is 13.5. The Morgan fingerprint density at radius 3 is 2.39 bits per heavy atom. The first kappa shape index (κ1) is 30.8. The SMILES string of the molecule is CC(C(N)=O)N(c1ccc(F)cc1)c1nc(N)c(C(=O)c2ccc(OCC(=O)NCC3C4CC5CC(C4)CC3(I)C5)cc2)s1. The van der Waals surface area contributed by atoms with Gasteiger partial charge >= 0.3 is 0 Å². The Morgan fingerprint density at radius 1 is 1.11 bits per heavy atom. The van der Waals surface area contributed by atoms with Crippen LogP contribution in [0.5, 0.6) is 5.75 Å². The van der Waals surface area contributed by atoms with Crippen LogP contribution in [0.3, 0.4) is 0 Å². The summed E-state index contributed by atoms with van der Waals surface area (Å²) < 4.78 is 19.6. The van der Waals surface area contributed by atoms with Crippen molar-refractivity contribution in [1.29, 1.82) is 0 Å². The number of carbonyl (C=O) groups is 3.